The van der Waals surface area contributed by atoms with Crippen LogP contribution in [0.1, 0.15) is 11.3 Å². The topological polar surface area (TPSA) is 67.1 Å². The monoisotopic (exact) mass is 293 g/mol. The van der Waals surface area contributed by atoms with E-state index in [0.717, 1.165) is 29.9 Å². The molecule has 2 N–H and O–H groups in total. The molecule has 0 unspecified atom stereocenters. The van der Waals surface area contributed by atoms with Crippen LogP contribution in [0.5, 0.6) is 0 Å². The lowest BCUT2D eigenvalue weighted by Gasteiger charge is -2.15. The molecule has 5 nitrogen and oxygen atoms in total. The van der Waals surface area contributed by atoms with E-state index < -0.39 is 17.6 Å². The number of nitrogens with one attached hydrogen (secondary N) is 1. The quantitative estimate of drug-likeness (QED) is 0.901. The molecule has 7 heteroatoms. The summed E-state index contributed by atoms with van der Waals surface area (Å²) < 4.78 is 27.9. The Kier molecular flexibility index (Phi) is 3.42. The van der Waals surface area contributed by atoms with Gasteiger partial charge in [0.1, 0.15) is 6.54 Å². The number of carboxylic acid groups (broad SMARTS) is 1. The minimum atomic E-state index is -0.990. The summed E-state index contributed by atoms with van der Waals surface area (Å²) in [4.78, 5) is 10.9. The maximum atomic E-state index is 13.4. The van der Waals surface area contributed by atoms with Gasteiger partial charge in [-0.25, -0.2) is 8.78 Å². The van der Waals surface area contributed by atoms with Crippen LogP contribution in [0.3, 0.4) is 0 Å². The van der Waals surface area contributed by atoms with E-state index in [9.17, 15) is 13.6 Å². The van der Waals surface area contributed by atoms with Crippen molar-refractivity contribution >= 4 is 5.97 Å². The Morgan fingerprint density at radius 2 is 2.19 bits per heavy atom. The van der Waals surface area contributed by atoms with Crippen molar-refractivity contribution in [1.82, 2.24) is 15.1 Å². The van der Waals surface area contributed by atoms with E-state index in [4.69, 9.17) is 5.11 Å². The molecule has 0 fully saturated rings. The summed E-state index contributed by atoms with van der Waals surface area (Å²) >= 11 is 0. The van der Waals surface area contributed by atoms with Crippen LogP contribution in [0.15, 0.2) is 18.2 Å². The molecular weight excluding hydrogens is 280 g/mol. The lowest BCUT2D eigenvalue weighted by molar-refractivity contribution is -0.137. The highest BCUT2D eigenvalue weighted by molar-refractivity contribution is 5.68. The van der Waals surface area contributed by atoms with Crippen LogP contribution in [0.4, 0.5) is 8.78 Å². The predicted molar refractivity (Wildman–Crippen MR) is 70.6 cm³/mol. The first-order valence-electron chi connectivity index (χ1n) is 6.52. The van der Waals surface area contributed by atoms with E-state index in [1.54, 1.807) is 0 Å². The van der Waals surface area contributed by atoms with Crippen LogP contribution in [0.2, 0.25) is 0 Å². The van der Waals surface area contributed by atoms with Gasteiger partial charge in [0.25, 0.3) is 0 Å². The maximum Gasteiger partial charge on any atom is 0.325 e. The standard InChI is InChI=1S/C14H13F2N3O2/c15-10-2-1-8(5-11(10)16)14-9-6-17-4-3-12(9)19(18-14)7-13(20)21/h1-2,5,17H,3-4,6-7H2,(H,20,21). The zero-order valence-electron chi connectivity index (χ0n) is 11.1. The van der Waals surface area contributed by atoms with E-state index in [0.29, 0.717) is 24.2 Å². The van der Waals surface area contributed by atoms with Gasteiger partial charge in [0.15, 0.2) is 11.6 Å². The summed E-state index contributed by atoms with van der Waals surface area (Å²) in [6.07, 6.45) is 0.652. The van der Waals surface area contributed by atoms with E-state index in [1.165, 1.54) is 10.7 Å². The zero-order valence-corrected chi connectivity index (χ0v) is 11.1. The molecule has 0 atom stereocenters. The number of rotatable bonds is 3. The molecular formula is C14H13F2N3O2. The van der Waals surface area contributed by atoms with Crippen LogP contribution >= 0.6 is 0 Å². The van der Waals surface area contributed by atoms with Crippen molar-refractivity contribution in [3.05, 3.63) is 41.1 Å². The SMILES string of the molecule is O=C(O)Cn1nc(-c2ccc(F)c(F)c2)c2c1CCNC2. The third-order valence-electron chi connectivity index (χ3n) is 3.48. The Morgan fingerprint density at radius 1 is 1.38 bits per heavy atom. The molecule has 1 aromatic carbocycles. The van der Waals surface area contributed by atoms with E-state index in [1.807, 2.05) is 0 Å². The molecule has 1 aliphatic heterocycles. The minimum absolute atomic E-state index is 0.244. The van der Waals surface area contributed by atoms with Crippen molar-refractivity contribution in [2.75, 3.05) is 6.54 Å². The Hall–Kier alpha value is -2.28. The molecule has 0 spiro atoms. The van der Waals surface area contributed by atoms with Crippen LogP contribution in [-0.2, 0) is 24.3 Å². The van der Waals surface area contributed by atoms with Crippen LogP contribution in [0, 0.1) is 11.6 Å². The van der Waals surface area contributed by atoms with Gasteiger partial charge in [0, 0.05) is 36.3 Å². The van der Waals surface area contributed by atoms with E-state index in [2.05, 4.69) is 10.4 Å². The summed E-state index contributed by atoms with van der Waals surface area (Å²) in [6.45, 7) is 1.02. The van der Waals surface area contributed by atoms with Gasteiger partial charge in [-0.05, 0) is 18.2 Å². The molecule has 3 rings (SSSR count). The van der Waals surface area contributed by atoms with Crippen molar-refractivity contribution in [3.8, 4) is 11.3 Å². The van der Waals surface area contributed by atoms with E-state index >= 15 is 0 Å². The number of fused-ring (bicyclic) bond motifs is 1. The zero-order chi connectivity index (χ0) is 15.0. The Morgan fingerprint density at radius 3 is 2.90 bits per heavy atom. The number of benzene rings is 1. The molecule has 0 radical (unpaired) electrons. The highest BCUT2D eigenvalue weighted by atomic mass is 19.2. The van der Waals surface area contributed by atoms with Gasteiger partial charge in [0.2, 0.25) is 0 Å². The second-order valence-electron chi connectivity index (χ2n) is 4.88. The Balaban J connectivity index is 2.11. The fourth-order valence-corrected chi connectivity index (χ4v) is 2.55. The second kappa shape index (κ2) is 5.25. The van der Waals surface area contributed by atoms with Gasteiger partial charge in [-0.2, -0.15) is 5.10 Å². The Labute approximate surface area is 119 Å². The summed E-state index contributed by atoms with van der Waals surface area (Å²) in [5, 5.41) is 16.4. The van der Waals surface area contributed by atoms with Crippen molar-refractivity contribution in [2.24, 2.45) is 0 Å². The molecule has 0 saturated carbocycles. The molecule has 0 aliphatic carbocycles. The van der Waals surface area contributed by atoms with Crippen LogP contribution < -0.4 is 5.32 Å². The molecule has 2 heterocycles. The smallest absolute Gasteiger partial charge is 0.325 e. The van der Waals surface area contributed by atoms with Gasteiger partial charge in [0.05, 0.1) is 5.69 Å². The number of nitrogens with zero attached hydrogens (tertiary/aromatic N) is 2. The lowest BCUT2D eigenvalue weighted by atomic mass is 10.0. The van der Waals surface area contributed by atoms with Crippen molar-refractivity contribution in [3.63, 3.8) is 0 Å². The molecule has 0 amide bonds. The van der Waals surface area contributed by atoms with Crippen molar-refractivity contribution in [2.45, 2.75) is 19.5 Å². The van der Waals surface area contributed by atoms with Gasteiger partial charge >= 0.3 is 5.97 Å². The summed E-state index contributed by atoms with van der Waals surface area (Å²) in [7, 11) is 0. The molecule has 0 saturated heterocycles. The number of aliphatic carboxylic acids is 1. The lowest BCUT2D eigenvalue weighted by Crippen LogP contribution is -2.25. The average Bonchev–Trinajstić information content (AvgIpc) is 2.80. The third kappa shape index (κ3) is 2.52. The predicted octanol–water partition coefficient (Wildman–Crippen LogP) is 1.56. The summed E-state index contributed by atoms with van der Waals surface area (Å²) in [6, 6.07) is 3.57. The van der Waals surface area contributed by atoms with Gasteiger partial charge < -0.3 is 10.4 Å². The Bertz CT molecular complexity index is 712. The molecule has 21 heavy (non-hydrogen) atoms. The first kappa shape index (κ1) is 13.7. The number of carbonyl (C=O) groups is 1. The maximum absolute atomic E-state index is 13.4. The largest absolute Gasteiger partial charge is 0.480 e. The number of carboxylic acids is 1. The number of hydrogen-bond acceptors (Lipinski definition) is 3. The van der Waals surface area contributed by atoms with Crippen molar-refractivity contribution < 1.29 is 18.7 Å². The summed E-state index contributed by atoms with van der Waals surface area (Å²) in [5.41, 5.74) is 2.61. The molecule has 1 aromatic heterocycles. The van der Waals surface area contributed by atoms with Gasteiger partial charge in [-0.3, -0.25) is 9.48 Å². The van der Waals surface area contributed by atoms with Gasteiger partial charge in [-0.15, -0.1) is 0 Å². The minimum Gasteiger partial charge on any atom is -0.480 e. The van der Waals surface area contributed by atoms with Crippen LogP contribution in [-0.4, -0.2) is 27.4 Å². The van der Waals surface area contributed by atoms with Crippen molar-refractivity contribution in [1.29, 1.82) is 0 Å². The first-order chi connectivity index (χ1) is 10.1. The first-order valence-corrected chi connectivity index (χ1v) is 6.52. The second-order valence-corrected chi connectivity index (χ2v) is 4.88. The molecule has 110 valence electrons. The molecule has 0 bridgehead atoms. The number of aromatic nitrogens is 2. The summed E-state index contributed by atoms with van der Waals surface area (Å²) in [5.74, 6) is -2.86. The number of hydrogen-bond donors (Lipinski definition) is 2. The van der Waals surface area contributed by atoms with E-state index in [-0.39, 0.29) is 6.54 Å². The highest BCUT2D eigenvalue weighted by Crippen LogP contribution is 2.28. The highest BCUT2D eigenvalue weighted by Gasteiger charge is 2.23. The fraction of sp³-hybridized carbons (Fsp3) is 0.286. The third-order valence-corrected chi connectivity index (χ3v) is 3.48. The number of halogens is 2. The normalized spacial score (nSPS) is 14.0. The van der Waals surface area contributed by atoms with Crippen LogP contribution in [0.25, 0.3) is 11.3 Å². The molecule has 2 aromatic rings. The average molecular weight is 293 g/mol. The molecule has 1 aliphatic rings. The fourth-order valence-electron chi connectivity index (χ4n) is 2.55. The van der Waals surface area contributed by atoms with Gasteiger partial charge in [-0.1, -0.05) is 0 Å².